The van der Waals surface area contributed by atoms with Crippen LogP contribution in [0, 0.1) is 0 Å². The molecule has 132 valence electrons. The first-order valence-corrected chi connectivity index (χ1v) is 9.65. The van der Waals surface area contributed by atoms with E-state index in [2.05, 4.69) is 76.4 Å². The number of unbranched alkanes of at least 4 members (excludes halogenated alkanes) is 1. The Labute approximate surface area is 155 Å². The minimum Gasteiger partial charge on any atom is -0.339 e. The first kappa shape index (κ1) is 14.9. The first-order chi connectivity index (χ1) is 13.4. The van der Waals surface area contributed by atoms with Gasteiger partial charge in [0.05, 0.1) is 22.1 Å². The molecule has 0 amide bonds. The molecule has 0 saturated carbocycles. The van der Waals surface area contributed by atoms with Gasteiger partial charge in [-0.25, -0.2) is 4.98 Å². The van der Waals surface area contributed by atoms with Gasteiger partial charge < -0.3 is 14.8 Å². The van der Waals surface area contributed by atoms with Crippen LogP contribution >= 0.6 is 0 Å². The van der Waals surface area contributed by atoms with E-state index in [1.165, 1.54) is 49.9 Å². The number of fused-ring (bicyclic) bond motifs is 10. The maximum atomic E-state index is 5.09. The number of rotatable bonds is 3. The molecule has 0 aliphatic rings. The van der Waals surface area contributed by atoms with Crippen LogP contribution in [0.25, 0.3) is 54.5 Å². The summed E-state index contributed by atoms with van der Waals surface area (Å²) in [6, 6.07) is 17.2. The van der Waals surface area contributed by atoms with Crippen LogP contribution in [0.5, 0.6) is 0 Å². The van der Waals surface area contributed by atoms with Crippen molar-refractivity contribution >= 4 is 54.5 Å². The molecule has 0 unspecified atom stereocenters. The van der Waals surface area contributed by atoms with E-state index in [0.29, 0.717) is 0 Å². The molecule has 6 aromatic rings. The van der Waals surface area contributed by atoms with Crippen molar-refractivity contribution in [2.24, 2.45) is 0 Å². The van der Waals surface area contributed by atoms with Crippen molar-refractivity contribution in [1.29, 1.82) is 0 Å². The van der Waals surface area contributed by atoms with Crippen LogP contribution in [0.3, 0.4) is 0 Å². The van der Waals surface area contributed by atoms with E-state index in [1.54, 1.807) is 0 Å². The van der Waals surface area contributed by atoms with E-state index in [-0.39, 0.29) is 0 Å². The fourth-order valence-corrected chi connectivity index (χ4v) is 4.60. The summed E-state index contributed by atoms with van der Waals surface area (Å²) in [5.41, 5.74) is 5.88. The number of hydrogen-bond donors (Lipinski definition) is 2. The number of aromatic nitrogens is 4. The van der Waals surface area contributed by atoms with Crippen molar-refractivity contribution in [2.45, 2.75) is 26.3 Å². The summed E-state index contributed by atoms with van der Waals surface area (Å²) in [7, 11) is 0. The molecule has 3 aromatic carbocycles. The van der Waals surface area contributed by atoms with Crippen LogP contribution in [-0.4, -0.2) is 19.7 Å². The Morgan fingerprint density at radius 2 is 1.74 bits per heavy atom. The third-order valence-electron chi connectivity index (χ3n) is 5.78. The van der Waals surface area contributed by atoms with Crippen LogP contribution in [0.15, 0.2) is 54.7 Å². The lowest BCUT2D eigenvalue weighted by Gasteiger charge is -2.07. The third-order valence-corrected chi connectivity index (χ3v) is 5.78. The number of benzene rings is 3. The highest BCUT2D eigenvalue weighted by Crippen LogP contribution is 2.42. The summed E-state index contributed by atoms with van der Waals surface area (Å²) in [4.78, 5) is 5.09. The van der Waals surface area contributed by atoms with E-state index in [9.17, 15) is 0 Å². The van der Waals surface area contributed by atoms with Crippen LogP contribution in [0.2, 0.25) is 0 Å². The van der Waals surface area contributed by atoms with Crippen molar-refractivity contribution in [2.75, 3.05) is 0 Å². The van der Waals surface area contributed by atoms with E-state index in [0.717, 1.165) is 24.0 Å². The monoisotopic (exact) mass is 352 g/mol. The predicted molar refractivity (Wildman–Crippen MR) is 113 cm³/mol. The van der Waals surface area contributed by atoms with Gasteiger partial charge in [0.15, 0.2) is 0 Å². The first-order valence-electron chi connectivity index (χ1n) is 9.65. The number of para-hydroxylation sites is 2. The topological polar surface area (TPSA) is 49.4 Å². The number of nitrogens with zero attached hydrogens (tertiary/aromatic N) is 2. The molecule has 0 aliphatic heterocycles. The van der Waals surface area contributed by atoms with Crippen LogP contribution in [-0.2, 0) is 6.54 Å². The molecule has 3 aromatic heterocycles. The largest absolute Gasteiger partial charge is 0.339 e. The summed E-state index contributed by atoms with van der Waals surface area (Å²) < 4.78 is 2.47. The minimum atomic E-state index is 1.01. The molecule has 0 aliphatic carbocycles. The smallest absolute Gasteiger partial charge is 0.0967 e. The Balaban J connectivity index is 1.96. The van der Waals surface area contributed by atoms with Gasteiger partial charge in [0.1, 0.15) is 0 Å². The summed E-state index contributed by atoms with van der Waals surface area (Å²) in [5.74, 6) is 0. The van der Waals surface area contributed by atoms with E-state index < -0.39 is 0 Å². The second-order valence-electron chi connectivity index (χ2n) is 7.30. The molecule has 0 radical (unpaired) electrons. The third kappa shape index (κ3) is 1.85. The van der Waals surface area contributed by atoms with E-state index in [1.807, 2.05) is 0 Å². The lowest BCUT2D eigenvalue weighted by Crippen LogP contribution is -1.97. The summed E-state index contributed by atoms with van der Waals surface area (Å²) in [6.45, 7) is 3.26. The molecule has 27 heavy (non-hydrogen) atoms. The van der Waals surface area contributed by atoms with Gasteiger partial charge in [-0.05, 0) is 18.6 Å². The maximum absolute atomic E-state index is 5.09. The van der Waals surface area contributed by atoms with Crippen molar-refractivity contribution in [3.05, 3.63) is 54.7 Å². The number of aryl methyl sites for hydroxylation is 1. The fourth-order valence-electron chi connectivity index (χ4n) is 4.60. The average molecular weight is 352 g/mol. The van der Waals surface area contributed by atoms with Crippen molar-refractivity contribution in [1.82, 2.24) is 19.7 Å². The van der Waals surface area contributed by atoms with Gasteiger partial charge in [0.25, 0.3) is 0 Å². The minimum absolute atomic E-state index is 1.01. The quantitative estimate of drug-likeness (QED) is 0.397. The summed E-state index contributed by atoms with van der Waals surface area (Å²) >= 11 is 0. The summed E-state index contributed by atoms with van der Waals surface area (Å²) in [5, 5.41) is 12.9. The molecule has 6 rings (SSSR count). The molecule has 0 atom stereocenters. The lowest BCUT2D eigenvalue weighted by molar-refractivity contribution is 0.666. The second kappa shape index (κ2) is 5.36. The summed E-state index contributed by atoms with van der Waals surface area (Å²) in [6.07, 6.45) is 4.40. The normalized spacial score (nSPS) is 12.3. The number of aromatic amines is 2. The Kier molecular flexibility index (Phi) is 2.95. The predicted octanol–water partition coefficient (Wildman–Crippen LogP) is 6.11. The molecule has 0 bridgehead atoms. The average Bonchev–Trinajstić information content (AvgIpc) is 3.39. The Morgan fingerprint density at radius 3 is 2.63 bits per heavy atom. The molecule has 0 saturated heterocycles. The van der Waals surface area contributed by atoms with Gasteiger partial charge in [0.2, 0.25) is 0 Å². The van der Waals surface area contributed by atoms with Crippen LogP contribution < -0.4 is 0 Å². The highest BCUT2D eigenvalue weighted by molar-refractivity contribution is 6.34. The number of nitrogens with one attached hydrogen (secondary N) is 2. The zero-order valence-electron chi connectivity index (χ0n) is 15.2. The Hall–Kier alpha value is -3.27. The zero-order valence-corrected chi connectivity index (χ0v) is 15.2. The molecule has 0 fully saturated rings. The standard InChI is InChI=1S/C23H20N4/c1-2-3-12-27-18-11-7-5-9-15(18)20-21-16(13-24-26-21)19-14-8-4-6-10-17(14)25-22(19)23(20)27/h4-11,13,24,26H,2-3,12H2,1H3. The van der Waals surface area contributed by atoms with Crippen molar-refractivity contribution in [3.63, 3.8) is 0 Å². The van der Waals surface area contributed by atoms with Crippen LogP contribution in [0.1, 0.15) is 19.8 Å². The molecule has 4 nitrogen and oxygen atoms in total. The zero-order chi connectivity index (χ0) is 18.0. The highest BCUT2D eigenvalue weighted by Gasteiger charge is 2.21. The number of H-pyrrole nitrogens is 2. The van der Waals surface area contributed by atoms with Gasteiger partial charge in [0, 0.05) is 45.2 Å². The maximum Gasteiger partial charge on any atom is 0.0967 e. The van der Waals surface area contributed by atoms with Gasteiger partial charge in [-0.3, -0.25) is 0 Å². The molecule has 4 heteroatoms. The van der Waals surface area contributed by atoms with Crippen molar-refractivity contribution < 1.29 is 0 Å². The molecule has 0 spiro atoms. The van der Waals surface area contributed by atoms with E-state index >= 15 is 0 Å². The Bertz CT molecular complexity index is 1460. The van der Waals surface area contributed by atoms with E-state index in [4.69, 9.17) is 4.98 Å². The molecule has 3 heterocycles. The SMILES string of the molecule is CCCCn1c2ccccc2c2c3[nH][nH]cc3c3c4ccccc4nc3c21. The fraction of sp³-hybridized carbons (Fsp3) is 0.174. The molecular formula is C23H20N4. The van der Waals surface area contributed by atoms with Gasteiger partial charge in [-0.15, -0.1) is 0 Å². The molecule has 2 N–H and O–H groups in total. The lowest BCUT2D eigenvalue weighted by atomic mass is 10.0. The second-order valence-corrected chi connectivity index (χ2v) is 7.30. The van der Waals surface area contributed by atoms with Gasteiger partial charge >= 0.3 is 0 Å². The van der Waals surface area contributed by atoms with Gasteiger partial charge in [-0.1, -0.05) is 49.7 Å². The van der Waals surface area contributed by atoms with Crippen LogP contribution in [0.4, 0.5) is 0 Å². The highest BCUT2D eigenvalue weighted by atomic mass is 15.1. The number of hydrogen-bond acceptors (Lipinski definition) is 1. The van der Waals surface area contributed by atoms with Gasteiger partial charge in [-0.2, -0.15) is 0 Å². The van der Waals surface area contributed by atoms with Crippen molar-refractivity contribution in [3.8, 4) is 0 Å². The Morgan fingerprint density at radius 1 is 0.926 bits per heavy atom. The molecular weight excluding hydrogens is 332 g/mol.